The Morgan fingerprint density at radius 2 is 0.912 bits per heavy atom. The number of hydrogen-bond acceptors (Lipinski definition) is 4. The van der Waals surface area contributed by atoms with Crippen LogP contribution < -0.4 is 25.4 Å². The molecule has 0 heterocycles. The summed E-state index contributed by atoms with van der Waals surface area (Å²) in [6, 6.07) is 38.5. The normalized spacial score (nSPS) is 11.2. The summed E-state index contributed by atoms with van der Waals surface area (Å²) in [7, 11) is 1.19. The molecule has 34 heavy (non-hydrogen) atoms. The zero-order valence-corrected chi connectivity index (χ0v) is 20.5. The molecule has 0 aliphatic rings. The molecule has 0 saturated carbocycles. The van der Waals surface area contributed by atoms with Crippen LogP contribution in [0.25, 0.3) is 0 Å². The van der Waals surface area contributed by atoms with Gasteiger partial charge < -0.3 is 18.9 Å². The molecule has 4 nitrogen and oxygen atoms in total. The second-order valence-corrected chi connectivity index (χ2v) is 11.4. The topological polar surface area (TPSA) is 36.9 Å². The molecule has 0 amide bonds. The van der Waals surface area contributed by atoms with Gasteiger partial charge in [0, 0.05) is 20.3 Å². The third-order valence-corrected chi connectivity index (χ3v) is 10.0. The fraction of sp³-hybridized carbons (Fsp3) is 0.172. The van der Waals surface area contributed by atoms with Gasteiger partial charge in [0.1, 0.15) is 34.7 Å². The second-order valence-electron chi connectivity index (χ2n) is 7.89. The van der Waals surface area contributed by atoms with Crippen LogP contribution in [0, 0.1) is 0 Å². The van der Waals surface area contributed by atoms with E-state index >= 15 is 0 Å². The quantitative estimate of drug-likeness (QED) is 0.223. The first kappa shape index (κ1) is 24.0. The van der Waals surface area contributed by atoms with Gasteiger partial charge in [0.25, 0.3) is 0 Å². The summed E-state index contributed by atoms with van der Waals surface area (Å²) in [5.41, 5.74) is 1.13. The predicted octanol–water partition coefficient (Wildman–Crippen LogP) is 5.15. The van der Waals surface area contributed by atoms with E-state index in [2.05, 4.69) is 103 Å². The van der Waals surface area contributed by atoms with E-state index in [0.29, 0.717) is 11.5 Å². The minimum Gasteiger partial charge on any atom is -0.467 e. The predicted molar refractivity (Wildman–Crippen MR) is 140 cm³/mol. The van der Waals surface area contributed by atoms with E-state index in [9.17, 15) is 0 Å². The smallest absolute Gasteiger partial charge is 0.188 e. The highest BCUT2D eigenvalue weighted by Gasteiger charge is 2.45. The molecule has 0 saturated heterocycles. The van der Waals surface area contributed by atoms with Crippen molar-refractivity contribution in [2.24, 2.45) is 0 Å². The molecule has 4 aromatic rings. The molecule has 0 aliphatic heterocycles. The molecular formula is C29H30O4P+. The van der Waals surface area contributed by atoms with Crippen molar-refractivity contribution in [1.82, 2.24) is 0 Å². The van der Waals surface area contributed by atoms with Crippen molar-refractivity contribution in [3.63, 3.8) is 0 Å². The van der Waals surface area contributed by atoms with Gasteiger partial charge in [-0.15, -0.1) is 0 Å². The van der Waals surface area contributed by atoms with Gasteiger partial charge in [-0.1, -0.05) is 54.6 Å². The van der Waals surface area contributed by atoms with Crippen LogP contribution in [0.2, 0.25) is 0 Å². The van der Waals surface area contributed by atoms with E-state index in [1.165, 1.54) is 15.9 Å². The van der Waals surface area contributed by atoms with Gasteiger partial charge in [0.05, 0.1) is 6.16 Å². The van der Waals surface area contributed by atoms with Crippen molar-refractivity contribution in [2.75, 3.05) is 27.8 Å². The summed E-state index contributed by atoms with van der Waals surface area (Å²) >= 11 is 0. The first-order chi connectivity index (χ1) is 16.8. The molecule has 0 atom stereocenters. The summed E-state index contributed by atoms with van der Waals surface area (Å²) in [6.45, 7) is 0.340. The van der Waals surface area contributed by atoms with Crippen molar-refractivity contribution >= 4 is 23.2 Å². The summed E-state index contributed by atoms with van der Waals surface area (Å²) in [5.74, 6) is 1.41. The minimum atomic E-state index is -2.04. The highest BCUT2D eigenvalue weighted by molar-refractivity contribution is 7.95. The van der Waals surface area contributed by atoms with Crippen LogP contribution in [-0.4, -0.2) is 27.8 Å². The largest absolute Gasteiger partial charge is 0.467 e. The first-order valence-corrected chi connectivity index (χ1v) is 13.2. The Hall–Kier alpha value is -3.17. The van der Waals surface area contributed by atoms with Crippen LogP contribution in [0.4, 0.5) is 0 Å². The van der Waals surface area contributed by atoms with Gasteiger partial charge in [-0.25, -0.2) is 0 Å². The Kier molecular flexibility index (Phi) is 8.32. The Morgan fingerprint density at radius 1 is 0.529 bits per heavy atom. The molecule has 0 fully saturated rings. The maximum absolute atomic E-state index is 5.82. The number of ether oxygens (including phenoxy) is 4. The van der Waals surface area contributed by atoms with Crippen LogP contribution in [0.3, 0.4) is 0 Å². The summed E-state index contributed by atoms with van der Waals surface area (Å²) in [5, 5.41) is 3.99. The molecule has 0 aromatic heterocycles. The maximum atomic E-state index is 5.82. The SMILES string of the molecule is COCOc1cc(C[P+](c2ccccc2)(c2ccccc2)c2ccccc2)cc(OCOC)c1. The van der Waals surface area contributed by atoms with Crippen molar-refractivity contribution in [3.05, 3.63) is 115 Å². The van der Waals surface area contributed by atoms with E-state index in [0.717, 1.165) is 11.7 Å². The average molecular weight is 474 g/mol. The number of rotatable bonds is 11. The number of benzene rings is 4. The van der Waals surface area contributed by atoms with Crippen LogP contribution in [-0.2, 0) is 15.6 Å². The summed E-state index contributed by atoms with van der Waals surface area (Å²) in [4.78, 5) is 0. The fourth-order valence-corrected chi connectivity index (χ4v) is 8.40. The summed E-state index contributed by atoms with van der Waals surface area (Å²) in [6.07, 6.45) is 0.818. The first-order valence-electron chi connectivity index (χ1n) is 11.2. The van der Waals surface area contributed by atoms with Gasteiger partial charge in [-0.05, 0) is 54.1 Å². The van der Waals surface area contributed by atoms with Crippen LogP contribution >= 0.6 is 7.26 Å². The van der Waals surface area contributed by atoms with Crippen LogP contribution in [0.15, 0.2) is 109 Å². The van der Waals surface area contributed by atoms with E-state index < -0.39 is 7.26 Å². The lowest BCUT2D eigenvalue weighted by atomic mass is 10.2. The third-order valence-electron chi connectivity index (χ3n) is 5.64. The molecule has 4 aromatic carbocycles. The fourth-order valence-electron chi connectivity index (χ4n) is 4.18. The van der Waals surface area contributed by atoms with Gasteiger partial charge in [-0.3, -0.25) is 0 Å². The standard InChI is InChI=1S/C29H30O4P/c1-30-22-32-25-18-24(19-26(20-25)33-23-31-2)21-34(27-12-6-3-7-13-27,28-14-8-4-9-15-28)29-16-10-5-11-17-29/h3-20H,21-23H2,1-2H3/q+1. The Balaban J connectivity index is 1.90. The molecule has 0 radical (unpaired) electrons. The molecule has 0 spiro atoms. The second kappa shape index (κ2) is 11.8. The summed E-state index contributed by atoms with van der Waals surface area (Å²) < 4.78 is 21.9. The lowest BCUT2D eigenvalue weighted by molar-refractivity contribution is 0.0460. The van der Waals surface area contributed by atoms with E-state index in [4.69, 9.17) is 18.9 Å². The molecule has 4 rings (SSSR count). The highest BCUT2D eigenvalue weighted by atomic mass is 31.2. The molecule has 5 heteroatoms. The lowest BCUT2D eigenvalue weighted by Gasteiger charge is -2.28. The molecule has 0 unspecified atom stereocenters. The average Bonchev–Trinajstić information content (AvgIpc) is 2.91. The van der Waals surface area contributed by atoms with Crippen LogP contribution in [0.5, 0.6) is 11.5 Å². The Labute approximate surface area is 202 Å². The van der Waals surface area contributed by atoms with Gasteiger partial charge >= 0.3 is 0 Å². The molecule has 0 bridgehead atoms. The van der Waals surface area contributed by atoms with E-state index in [1.54, 1.807) is 14.2 Å². The zero-order valence-electron chi connectivity index (χ0n) is 19.6. The number of hydrogen-bond donors (Lipinski definition) is 0. The van der Waals surface area contributed by atoms with Crippen molar-refractivity contribution in [1.29, 1.82) is 0 Å². The maximum Gasteiger partial charge on any atom is 0.188 e. The minimum absolute atomic E-state index is 0.170. The molecular weight excluding hydrogens is 443 g/mol. The van der Waals surface area contributed by atoms with Crippen molar-refractivity contribution in [2.45, 2.75) is 6.16 Å². The zero-order chi connectivity index (χ0) is 23.6. The molecule has 174 valence electrons. The van der Waals surface area contributed by atoms with Crippen molar-refractivity contribution < 1.29 is 18.9 Å². The number of methoxy groups -OCH3 is 2. The van der Waals surface area contributed by atoms with Gasteiger partial charge in [0.15, 0.2) is 13.6 Å². The Morgan fingerprint density at radius 3 is 1.26 bits per heavy atom. The monoisotopic (exact) mass is 473 g/mol. The van der Waals surface area contributed by atoms with Gasteiger partial charge in [0.2, 0.25) is 0 Å². The van der Waals surface area contributed by atoms with Gasteiger partial charge in [-0.2, -0.15) is 0 Å². The molecule has 0 aliphatic carbocycles. The van der Waals surface area contributed by atoms with E-state index in [1.807, 2.05) is 6.07 Å². The van der Waals surface area contributed by atoms with Crippen molar-refractivity contribution in [3.8, 4) is 11.5 Å². The highest BCUT2D eigenvalue weighted by Crippen LogP contribution is 2.58. The van der Waals surface area contributed by atoms with E-state index in [-0.39, 0.29) is 13.6 Å². The van der Waals surface area contributed by atoms with Crippen LogP contribution in [0.1, 0.15) is 5.56 Å². The Bertz CT molecular complexity index is 1030. The third kappa shape index (κ3) is 5.48. The lowest BCUT2D eigenvalue weighted by Crippen LogP contribution is -2.32. The molecule has 0 N–H and O–H groups in total.